The third kappa shape index (κ3) is 3.20. The molecule has 10 aromatic rings. The second-order valence-corrected chi connectivity index (χ2v) is 11.6. The smallest absolute Gasteiger partial charge is 0.143 e. The van der Waals surface area contributed by atoms with Crippen LogP contribution in [0.5, 0.6) is 0 Å². The third-order valence-electron chi connectivity index (χ3n) is 9.25. The molecule has 204 valence electrons. The van der Waals surface area contributed by atoms with Crippen LogP contribution in [0.3, 0.4) is 0 Å². The number of fused-ring (bicyclic) bond motifs is 10. The first-order valence-electron chi connectivity index (χ1n) is 15.0. The van der Waals surface area contributed by atoms with Crippen LogP contribution < -0.4 is 0 Å². The predicted octanol–water partition coefficient (Wildman–Crippen LogP) is 12.3. The van der Waals surface area contributed by atoms with Crippen molar-refractivity contribution in [3.8, 4) is 22.3 Å². The molecule has 0 bridgehead atoms. The Kier molecular flexibility index (Phi) is 4.75. The predicted molar refractivity (Wildman–Crippen MR) is 184 cm³/mol. The lowest BCUT2D eigenvalue weighted by Gasteiger charge is -2.18. The molecule has 0 saturated carbocycles. The summed E-state index contributed by atoms with van der Waals surface area (Å²) in [4.78, 5) is 0. The van der Waals surface area contributed by atoms with Crippen LogP contribution in [0.4, 0.5) is 0 Å². The van der Waals surface area contributed by atoms with E-state index in [-0.39, 0.29) is 0 Å². The highest BCUT2D eigenvalue weighted by Gasteiger charge is 2.21. The van der Waals surface area contributed by atoms with Gasteiger partial charge in [-0.3, -0.25) is 0 Å². The molecule has 2 heterocycles. The summed E-state index contributed by atoms with van der Waals surface area (Å²) in [6.07, 6.45) is 0. The second kappa shape index (κ2) is 8.82. The van der Waals surface area contributed by atoms with Gasteiger partial charge in [0.05, 0.1) is 0 Å². The van der Waals surface area contributed by atoms with Gasteiger partial charge in [-0.25, -0.2) is 0 Å². The topological polar surface area (TPSA) is 26.3 Å². The normalized spacial score (nSPS) is 12.1. The van der Waals surface area contributed by atoms with E-state index >= 15 is 0 Å². The Labute approximate surface area is 252 Å². The Bertz CT molecular complexity index is 2720. The number of para-hydroxylation sites is 1. The molecule has 8 aromatic carbocycles. The van der Waals surface area contributed by atoms with Crippen LogP contribution in [0.15, 0.2) is 154 Å². The van der Waals surface area contributed by atoms with Crippen molar-refractivity contribution in [3.05, 3.63) is 146 Å². The van der Waals surface area contributed by atoms with Gasteiger partial charge >= 0.3 is 0 Å². The van der Waals surface area contributed by atoms with Gasteiger partial charge in [0.2, 0.25) is 0 Å². The summed E-state index contributed by atoms with van der Waals surface area (Å²) in [6.45, 7) is 0. The molecule has 2 aromatic heterocycles. The SMILES string of the molecule is c1ccc2c(c1)ccc1c2oc2cccc(-c3c4ccccc4c(-c4ccc5oc6ccccc6c5c4)c4ccccc34)c21. The Morgan fingerprint density at radius 1 is 0.341 bits per heavy atom. The molecule has 0 atom stereocenters. The third-order valence-corrected chi connectivity index (χ3v) is 9.25. The fraction of sp³-hybridized carbons (Fsp3) is 0. The van der Waals surface area contributed by atoms with Crippen molar-refractivity contribution in [2.45, 2.75) is 0 Å². The minimum Gasteiger partial charge on any atom is -0.456 e. The number of rotatable bonds is 2. The molecule has 2 nitrogen and oxygen atoms in total. The Morgan fingerprint density at radius 3 is 1.73 bits per heavy atom. The van der Waals surface area contributed by atoms with Crippen molar-refractivity contribution >= 4 is 76.2 Å². The van der Waals surface area contributed by atoms with E-state index in [4.69, 9.17) is 8.83 Å². The summed E-state index contributed by atoms with van der Waals surface area (Å²) in [7, 11) is 0. The summed E-state index contributed by atoms with van der Waals surface area (Å²) in [6, 6.07) is 51.9. The van der Waals surface area contributed by atoms with E-state index in [0.29, 0.717) is 0 Å². The van der Waals surface area contributed by atoms with Crippen molar-refractivity contribution in [2.24, 2.45) is 0 Å². The molecule has 2 heteroatoms. The lowest BCUT2D eigenvalue weighted by Crippen LogP contribution is -1.91. The Morgan fingerprint density at radius 2 is 0.955 bits per heavy atom. The van der Waals surface area contributed by atoms with Crippen molar-refractivity contribution in [1.82, 2.24) is 0 Å². The second-order valence-electron chi connectivity index (χ2n) is 11.6. The van der Waals surface area contributed by atoms with E-state index in [0.717, 1.165) is 49.3 Å². The van der Waals surface area contributed by atoms with Crippen LogP contribution in [-0.4, -0.2) is 0 Å². The first kappa shape index (κ1) is 23.7. The van der Waals surface area contributed by atoms with Crippen LogP contribution in [-0.2, 0) is 0 Å². The molecule has 0 radical (unpaired) electrons. The number of furan rings is 2. The average molecular weight is 561 g/mol. The van der Waals surface area contributed by atoms with Crippen molar-refractivity contribution < 1.29 is 8.83 Å². The number of hydrogen-bond acceptors (Lipinski definition) is 2. The zero-order chi connectivity index (χ0) is 28.8. The molecule has 0 amide bonds. The highest BCUT2D eigenvalue weighted by atomic mass is 16.3. The van der Waals surface area contributed by atoms with Crippen LogP contribution in [0.2, 0.25) is 0 Å². The van der Waals surface area contributed by atoms with Gasteiger partial charge < -0.3 is 8.83 Å². The lowest BCUT2D eigenvalue weighted by molar-refractivity contribution is 0.669. The van der Waals surface area contributed by atoms with E-state index in [1.54, 1.807) is 0 Å². The Balaban J connectivity index is 1.33. The van der Waals surface area contributed by atoms with Gasteiger partial charge in [0.1, 0.15) is 22.3 Å². The Hall–Kier alpha value is -5.86. The van der Waals surface area contributed by atoms with E-state index < -0.39 is 0 Å². The molecule has 0 unspecified atom stereocenters. The average Bonchev–Trinajstić information content (AvgIpc) is 3.66. The maximum absolute atomic E-state index is 6.60. The van der Waals surface area contributed by atoms with Gasteiger partial charge in [-0.1, -0.05) is 115 Å². The molecule has 44 heavy (non-hydrogen) atoms. The van der Waals surface area contributed by atoms with Gasteiger partial charge in [-0.05, 0) is 79.5 Å². The summed E-state index contributed by atoms with van der Waals surface area (Å²) in [5.74, 6) is 0. The number of benzene rings is 8. The molecule has 0 fully saturated rings. The summed E-state index contributed by atoms with van der Waals surface area (Å²) in [5.41, 5.74) is 8.51. The molecular formula is C42H24O2. The van der Waals surface area contributed by atoms with Gasteiger partial charge in [-0.15, -0.1) is 0 Å². The summed E-state index contributed by atoms with van der Waals surface area (Å²) >= 11 is 0. The van der Waals surface area contributed by atoms with Crippen LogP contribution in [0.1, 0.15) is 0 Å². The lowest BCUT2D eigenvalue weighted by atomic mass is 9.84. The molecule has 10 rings (SSSR count). The van der Waals surface area contributed by atoms with Crippen molar-refractivity contribution in [2.75, 3.05) is 0 Å². The zero-order valence-electron chi connectivity index (χ0n) is 23.7. The quantitative estimate of drug-likeness (QED) is 0.197. The molecule has 0 aliphatic carbocycles. The van der Waals surface area contributed by atoms with Gasteiger partial charge in [0.25, 0.3) is 0 Å². The maximum Gasteiger partial charge on any atom is 0.143 e. The minimum atomic E-state index is 0.906. The molecule has 0 aliphatic rings. The van der Waals surface area contributed by atoms with Crippen molar-refractivity contribution in [3.63, 3.8) is 0 Å². The molecular weight excluding hydrogens is 536 g/mol. The standard InChI is InChI=1S/C42H24O2/c1-2-11-27-25(10-1)20-22-34-41-33(17-9-19-38(41)44-42(27)34)40-31-15-5-3-13-29(31)39(30-14-4-6-16-32(30)40)26-21-23-37-35(24-26)28-12-7-8-18-36(28)43-37/h1-24H. The van der Waals surface area contributed by atoms with E-state index in [9.17, 15) is 0 Å². The fourth-order valence-corrected chi connectivity index (χ4v) is 7.37. The molecule has 0 spiro atoms. The van der Waals surface area contributed by atoms with Crippen LogP contribution in [0, 0.1) is 0 Å². The van der Waals surface area contributed by atoms with Crippen LogP contribution in [0.25, 0.3) is 98.4 Å². The van der Waals surface area contributed by atoms with Gasteiger partial charge in [-0.2, -0.15) is 0 Å². The van der Waals surface area contributed by atoms with Gasteiger partial charge in [0, 0.05) is 26.9 Å². The monoisotopic (exact) mass is 560 g/mol. The first-order valence-corrected chi connectivity index (χ1v) is 15.0. The summed E-state index contributed by atoms with van der Waals surface area (Å²) < 4.78 is 12.8. The largest absolute Gasteiger partial charge is 0.456 e. The number of hydrogen-bond donors (Lipinski definition) is 0. The highest BCUT2D eigenvalue weighted by molar-refractivity contribution is 6.27. The maximum atomic E-state index is 6.60. The fourth-order valence-electron chi connectivity index (χ4n) is 7.37. The van der Waals surface area contributed by atoms with Crippen molar-refractivity contribution in [1.29, 1.82) is 0 Å². The minimum absolute atomic E-state index is 0.906. The molecule has 0 N–H and O–H groups in total. The van der Waals surface area contributed by atoms with Crippen LogP contribution >= 0.6 is 0 Å². The van der Waals surface area contributed by atoms with Gasteiger partial charge in [0.15, 0.2) is 0 Å². The summed E-state index contributed by atoms with van der Waals surface area (Å²) in [5, 5.41) is 11.8. The van der Waals surface area contributed by atoms with E-state index in [2.05, 4.69) is 133 Å². The van der Waals surface area contributed by atoms with E-state index in [1.807, 2.05) is 12.1 Å². The molecule has 0 aliphatic heterocycles. The highest BCUT2D eigenvalue weighted by Crippen LogP contribution is 2.48. The zero-order valence-corrected chi connectivity index (χ0v) is 23.7. The van der Waals surface area contributed by atoms with E-state index in [1.165, 1.54) is 49.2 Å². The molecule has 0 saturated heterocycles. The first-order chi connectivity index (χ1) is 21.8.